The average Bonchev–Trinajstić information content (AvgIpc) is 2.83. The van der Waals surface area contributed by atoms with Crippen LogP contribution in [-0.2, 0) is 0 Å². The first-order valence-corrected chi connectivity index (χ1v) is 6.88. The predicted octanol–water partition coefficient (Wildman–Crippen LogP) is 3.78. The zero-order chi connectivity index (χ0) is 11.8. The summed E-state index contributed by atoms with van der Waals surface area (Å²) >= 11 is 0. The second-order valence-corrected chi connectivity index (χ2v) is 6.33. The lowest BCUT2D eigenvalue weighted by atomic mass is 9.68. The molecular weight excluding hydrogens is 196 g/mol. The van der Waals surface area contributed by atoms with Crippen LogP contribution in [-0.4, -0.2) is 11.7 Å². The smallest absolute Gasteiger partial charge is 0.0456 e. The van der Waals surface area contributed by atoms with Gasteiger partial charge in [0.1, 0.15) is 0 Å². The van der Waals surface area contributed by atoms with Crippen molar-refractivity contribution in [1.29, 1.82) is 0 Å². The Labute approximate surface area is 99.9 Å². The van der Waals surface area contributed by atoms with Crippen molar-refractivity contribution in [3.05, 3.63) is 12.2 Å². The molecule has 0 aromatic heterocycles. The lowest BCUT2D eigenvalue weighted by molar-refractivity contribution is 0.201. The van der Waals surface area contributed by atoms with Gasteiger partial charge in [0, 0.05) is 6.61 Å². The molecule has 2 fully saturated rings. The number of fused-ring (bicyclic) bond motifs is 2. The van der Waals surface area contributed by atoms with E-state index >= 15 is 0 Å². The van der Waals surface area contributed by atoms with Crippen LogP contribution < -0.4 is 0 Å². The lowest BCUT2D eigenvalue weighted by Crippen LogP contribution is -2.26. The number of hydrogen-bond acceptors (Lipinski definition) is 1. The second-order valence-electron chi connectivity index (χ2n) is 6.33. The predicted molar refractivity (Wildman–Crippen MR) is 68.2 cm³/mol. The first-order chi connectivity index (χ1) is 7.58. The summed E-state index contributed by atoms with van der Waals surface area (Å²) in [6, 6.07) is 0. The Morgan fingerprint density at radius 3 is 2.81 bits per heavy atom. The molecule has 1 nitrogen and oxygen atoms in total. The normalized spacial score (nSPS) is 39.3. The molecule has 92 valence electrons. The fraction of sp³-hybridized carbons (Fsp3) is 0.867. The fourth-order valence-electron chi connectivity index (χ4n) is 3.88. The summed E-state index contributed by atoms with van der Waals surface area (Å²) in [7, 11) is 0. The van der Waals surface area contributed by atoms with E-state index in [-0.39, 0.29) is 0 Å². The monoisotopic (exact) mass is 222 g/mol. The van der Waals surface area contributed by atoms with Crippen molar-refractivity contribution in [3.8, 4) is 0 Å². The summed E-state index contributed by atoms with van der Waals surface area (Å²) in [5.41, 5.74) is 1.97. The van der Waals surface area contributed by atoms with Crippen LogP contribution in [0.4, 0.5) is 0 Å². The molecule has 0 heterocycles. The van der Waals surface area contributed by atoms with E-state index in [1.54, 1.807) is 5.57 Å². The Balaban J connectivity index is 1.86. The first-order valence-electron chi connectivity index (χ1n) is 6.88. The molecule has 0 radical (unpaired) electrons. The summed E-state index contributed by atoms with van der Waals surface area (Å²) in [6.45, 7) is 9.27. The highest BCUT2D eigenvalue weighted by molar-refractivity contribution is 5.24. The van der Waals surface area contributed by atoms with Crippen LogP contribution in [0.1, 0.15) is 52.4 Å². The Hall–Kier alpha value is -0.300. The van der Waals surface area contributed by atoms with Gasteiger partial charge < -0.3 is 5.11 Å². The summed E-state index contributed by atoms with van der Waals surface area (Å²) in [5.74, 6) is 2.22. The molecule has 2 aliphatic rings. The van der Waals surface area contributed by atoms with Gasteiger partial charge in [-0.15, -0.1) is 0 Å². The molecule has 1 heteroatoms. The van der Waals surface area contributed by atoms with E-state index in [9.17, 15) is 0 Å². The van der Waals surface area contributed by atoms with E-state index in [0.29, 0.717) is 17.9 Å². The third-order valence-corrected chi connectivity index (χ3v) is 5.26. The molecule has 0 aromatic rings. The van der Waals surface area contributed by atoms with Crippen molar-refractivity contribution >= 4 is 0 Å². The van der Waals surface area contributed by atoms with Gasteiger partial charge in [-0.05, 0) is 55.3 Å². The number of allylic oxidation sites excluding steroid dienone is 1. The molecule has 0 spiro atoms. The maximum absolute atomic E-state index is 9.03. The summed E-state index contributed by atoms with van der Waals surface area (Å²) in [4.78, 5) is 0. The molecule has 0 amide bonds. The molecule has 0 saturated heterocycles. The Morgan fingerprint density at radius 1 is 1.50 bits per heavy atom. The van der Waals surface area contributed by atoms with Crippen molar-refractivity contribution in [2.45, 2.75) is 52.4 Å². The van der Waals surface area contributed by atoms with Gasteiger partial charge in [0.05, 0.1) is 0 Å². The topological polar surface area (TPSA) is 20.2 Å². The molecule has 0 aliphatic heterocycles. The van der Waals surface area contributed by atoms with Gasteiger partial charge in [0.2, 0.25) is 0 Å². The lowest BCUT2D eigenvalue weighted by Gasteiger charge is -2.36. The Kier molecular flexibility index (Phi) is 3.44. The van der Waals surface area contributed by atoms with Crippen molar-refractivity contribution in [2.24, 2.45) is 23.2 Å². The van der Waals surface area contributed by atoms with Gasteiger partial charge in [-0.2, -0.15) is 0 Å². The van der Waals surface area contributed by atoms with Crippen LogP contribution >= 0.6 is 0 Å². The molecule has 16 heavy (non-hydrogen) atoms. The molecule has 1 N–H and O–H groups in total. The summed E-state index contributed by atoms with van der Waals surface area (Å²) < 4.78 is 0. The number of aliphatic hydroxyl groups excluding tert-OH is 1. The van der Waals surface area contributed by atoms with E-state index in [1.165, 1.54) is 32.1 Å². The van der Waals surface area contributed by atoms with E-state index in [0.717, 1.165) is 18.3 Å². The molecule has 0 aromatic carbocycles. The molecule has 4 atom stereocenters. The Bertz CT molecular complexity index is 271. The van der Waals surface area contributed by atoms with Gasteiger partial charge in [-0.25, -0.2) is 0 Å². The molecule has 2 bridgehead atoms. The highest BCUT2D eigenvalue weighted by Gasteiger charge is 2.49. The summed E-state index contributed by atoms with van der Waals surface area (Å²) in [6.07, 6.45) is 7.93. The van der Waals surface area contributed by atoms with Gasteiger partial charge >= 0.3 is 0 Å². The van der Waals surface area contributed by atoms with E-state index < -0.39 is 0 Å². The fourth-order valence-corrected chi connectivity index (χ4v) is 3.88. The molecular formula is C15H26O. The van der Waals surface area contributed by atoms with E-state index in [4.69, 9.17) is 5.11 Å². The van der Waals surface area contributed by atoms with Crippen LogP contribution in [0.3, 0.4) is 0 Å². The third kappa shape index (κ3) is 1.95. The largest absolute Gasteiger partial charge is 0.396 e. The second kappa shape index (κ2) is 4.52. The zero-order valence-electron chi connectivity index (χ0n) is 10.8. The van der Waals surface area contributed by atoms with Gasteiger partial charge in [-0.1, -0.05) is 32.4 Å². The minimum Gasteiger partial charge on any atom is -0.396 e. The SMILES string of the molecule is C=C1C2CCC(C2)C1(C)CCCC(C)CO. The van der Waals surface area contributed by atoms with E-state index in [1.807, 2.05) is 0 Å². The highest BCUT2D eigenvalue weighted by atomic mass is 16.3. The van der Waals surface area contributed by atoms with Crippen molar-refractivity contribution < 1.29 is 5.11 Å². The van der Waals surface area contributed by atoms with Crippen molar-refractivity contribution in [3.63, 3.8) is 0 Å². The zero-order valence-corrected chi connectivity index (χ0v) is 10.8. The van der Waals surface area contributed by atoms with Gasteiger partial charge in [0.25, 0.3) is 0 Å². The maximum Gasteiger partial charge on any atom is 0.0456 e. The van der Waals surface area contributed by atoms with Crippen LogP contribution in [0, 0.1) is 23.2 Å². The van der Waals surface area contributed by atoms with Crippen LogP contribution in [0.25, 0.3) is 0 Å². The average molecular weight is 222 g/mol. The maximum atomic E-state index is 9.03. The summed E-state index contributed by atoms with van der Waals surface area (Å²) in [5, 5.41) is 9.03. The van der Waals surface area contributed by atoms with Crippen LogP contribution in [0.5, 0.6) is 0 Å². The van der Waals surface area contributed by atoms with Crippen LogP contribution in [0.15, 0.2) is 12.2 Å². The molecule has 2 rings (SSSR count). The third-order valence-electron chi connectivity index (χ3n) is 5.26. The quantitative estimate of drug-likeness (QED) is 0.702. The minimum absolute atomic E-state index is 0.337. The Morgan fingerprint density at radius 2 is 2.25 bits per heavy atom. The highest BCUT2D eigenvalue weighted by Crippen LogP contribution is 2.60. The molecule has 2 aliphatic carbocycles. The minimum atomic E-state index is 0.337. The first kappa shape index (κ1) is 12.2. The molecule has 4 unspecified atom stereocenters. The van der Waals surface area contributed by atoms with Crippen LogP contribution in [0.2, 0.25) is 0 Å². The van der Waals surface area contributed by atoms with Crippen molar-refractivity contribution in [2.75, 3.05) is 6.61 Å². The number of rotatable bonds is 5. The standard InChI is InChI=1S/C15H26O/c1-11(10-16)5-4-8-15(3)12(2)13-6-7-14(15)9-13/h11,13-14,16H,2,4-10H2,1,3H3. The van der Waals surface area contributed by atoms with Gasteiger partial charge in [0.15, 0.2) is 0 Å². The van der Waals surface area contributed by atoms with Gasteiger partial charge in [-0.3, -0.25) is 0 Å². The molecule has 2 saturated carbocycles. The van der Waals surface area contributed by atoms with Crippen molar-refractivity contribution in [1.82, 2.24) is 0 Å². The van der Waals surface area contributed by atoms with E-state index in [2.05, 4.69) is 20.4 Å². The number of aliphatic hydroxyl groups is 1. The number of hydrogen-bond donors (Lipinski definition) is 1.